The fourth-order valence-corrected chi connectivity index (χ4v) is 6.41. The lowest BCUT2D eigenvalue weighted by Crippen LogP contribution is -2.47. The topological polar surface area (TPSA) is 210 Å². The van der Waals surface area contributed by atoms with Gasteiger partial charge in [-0.2, -0.15) is 0 Å². The number of hydrogen-bond acceptors (Lipinski definition) is 12. The number of esters is 2. The fourth-order valence-electron chi connectivity index (χ4n) is 5.64. The molecule has 13 nitrogen and oxygen atoms in total. The molecule has 0 fully saturated rings. The van der Waals surface area contributed by atoms with E-state index in [9.17, 15) is 39.5 Å². The molecule has 0 bridgehead atoms. The Labute approximate surface area is 331 Å². The molecule has 0 aliphatic carbocycles. The first-order valence-corrected chi connectivity index (χ1v) is 22.6. The zero-order chi connectivity index (χ0) is 41.0. The van der Waals surface area contributed by atoms with Crippen LogP contribution < -0.4 is 0 Å². The number of carbonyl (C=O) groups excluding carboxylic acids is 2. The van der Waals surface area contributed by atoms with Crippen molar-refractivity contribution in [1.82, 2.24) is 0 Å². The third-order valence-corrected chi connectivity index (χ3v) is 10.1. The van der Waals surface area contributed by atoms with Crippen molar-refractivity contribution in [2.75, 3.05) is 26.4 Å². The smallest absolute Gasteiger partial charge is 0.462 e. The average Bonchev–Trinajstić information content (AvgIpc) is 3.17. The number of ether oxygens (including phenoxy) is 2. The van der Waals surface area contributed by atoms with Crippen LogP contribution >= 0.6 is 7.82 Å². The van der Waals surface area contributed by atoms with Gasteiger partial charge in [0.2, 0.25) is 0 Å². The number of rotatable bonds is 39. The van der Waals surface area contributed by atoms with Crippen molar-refractivity contribution in [1.29, 1.82) is 0 Å². The van der Waals surface area contributed by atoms with Crippen LogP contribution in [0.5, 0.6) is 0 Å². The molecule has 14 heteroatoms. The molecule has 6 N–H and O–H groups in total. The Morgan fingerprint density at radius 2 is 0.945 bits per heavy atom. The molecule has 324 valence electrons. The first-order valence-electron chi connectivity index (χ1n) is 21.1. The van der Waals surface area contributed by atoms with Gasteiger partial charge >= 0.3 is 19.8 Å². The van der Waals surface area contributed by atoms with E-state index >= 15 is 0 Å². The molecule has 0 aromatic heterocycles. The number of aliphatic hydroxyl groups is 5. The maximum absolute atomic E-state index is 12.6. The van der Waals surface area contributed by atoms with E-state index < -0.39 is 76.7 Å². The summed E-state index contributed by atoms with van der Waals surface area (Å²) < 4.78 is 32.9. The summed E-state index contributed by atoms with van der Waals surface area (Å²) in [6.45, 7) is 1.46. The molecular formula is C41H77O13P. The van der Waals surface area contributed by atoms with E-state index in [0.717, 1.165) is 38.5 Å². The van der Waals surface area contributed by atoms with E-state index in [1.54, 1.807) is 0 Å². The van der Waals surface area contributed by atoms with E-state index in [4.69, 9.17) is 23.6 Å². The second kappa shape index (κ2) is 36.7. The molecule has 0 heterocycles. The molecular weight excluding hydrogens is 731 g/mol. The van der Waals surface area contributed by atoms with Crippen LogP contribution in [0.25, 0.3) is 0 Å². The Kier molecular flexibility index (Phi) is 35.5. The molecule has 0 saturated heterocycles. The predicted octanol–water partition coefficient (Wildman–Crippen LogP) is 7.53. The van der Waals surface area contributed by atoms with E-state index in [0.29, 0.717) is 12.8 Å². The standard InChI is InChI=1S/C41H77O13P/c1-3-5-7-9-11-13-15-17-19-21-23-25-27-29-38(45)51-32-35(33-52-55(49,50)53-34-37(44)41(48)40(47)36(43)31-42)54-39(46)30-28-26-24-22-20-18-16-14-12-10-8-6-4-2/h19-22,35-37,40-44,47-48H,3-18,23-34H2,1-2H3,(H,49,50)/b21-19?,22-20-/t35-,36-,37-,40-,41-/m1/s1. The summed E-state index contributed by atoms with van der Waals surface area (Å²) in [5.41, 5.74) is 0. The predicted molar refractivity (Wildman–Crippen MR) is 214 cm³/mol. The van der Waals surface area contributed by atoms with E-state index in [-0.39, 0.29) is 12.8 Å². The molecule has 6 atom stereocenters. The van der Waals surface area contributed by atoms with Crippen molar-refractivity contribution < 1.29 is 63.1 Å². The minimum atomic E-state index is -4.90. The second-order valence-electron chi connectivity index (χ2n) is 14.4. The molecule has 0 radical (unpaired) electrons. The highest BCUT2D eigenvalue weighted by atomic mass is 31.2. The Morgan fingerprint density at radius 3 is 1.42 bits per heavy atom. The lowest BCUT2D eigenvalue weighted by atomic mass is 10.0. The van der Waals surface area contributed by atoms with Crippen LogP contribution in [0.4, 0.5) is 0 Å². The van der Waals surface area contributed by atoms with Gasteiger partial charge < -0.3 is 39.9 Å². The molecule has 0 rings (SSSR count). The number of aliphatic hydroxyl groups excluding tert-OH is 5. The first kappa shape index (κ1) is 53.3. The van der Waals surface area contributed by atoms with Crippen molar-refractivity contribution in [3.8, 4) is 0 Å². The largest absolute Gasteiger partial charge is 0.472 e. The number of hydrogen-bond donors (Lipinski definition) is 6. The number of unbranched alkanes of at least 4 members (excludes halogenated alkanes) is 18. The fraction of sp³-hybridized carbons (Fsp3) is 0.854. The third-order valence-electron chi connectivity index (χ3n) is 9.17. The van der Waals surface area contributed by atoms with Gasteiger partial charge in [0.05, 0.1) is 19.8 Å². The second-order valence-corrected chi connectivity index (χ2v) is 15.9. The zero-order valence-corrected chi connectivity index (χ0v) is 34.9. The van der Waals surface area contributed by atoms with Crippen molar-refractivity contribution in [3.05, 3.63) is 24.3 Å². The van der Waals surface area contributed by atoms with E-state index in [1.165, 1.54) is 89.9 Å². The number of allylic oxidation sites excluding steroid dienone is 4. The van der Waals surface area contributed by atoms with Gasteiger partial charge in [0.15, 0.2) is 6.10 Å². The molecule has 0 aliphatic rings. The summed E-state index contributed by atoms with van der Waals surface area (Å²) >= 11 is 0. The molecule has 0 amide bonds. The van der Waals surface area contributed by atoms with Gasteiger partial charge in [-0.25, -0.2) is 4.57 Å². The Morgan fingerprint density at radius 1 is 0.545 bits per heavy atom. The zero-order valence-electron chi connectivity index (χ0n) is 34.0. The summed E-state index contributed by atoms with van der Waals surface area (Å²) in [5, 5.41) is 48.0. The Bertz CT molecular complexity index is 1020. The highest BCUT2D eigenvalue weighted by molar-refractivity contribution is 7.47. The van der Waals surface area contributed by atoms with E-state index in [2.05, 4.69) is 38.2 Å². The SMILES string of the molecule is CCCCCCCCCC=CCCCCC(=O)OC[C@H](COP(=O)(O)OC[C@@H](O)[C@@H](O)[C@H](O)[C@H](O)CO)OC(=O)CCCC/C=C\CCCCCCCCC. The van der Waals surface area contributed by atoms with E-state index in [1.807, 2.05) is 0 Å². The summed E-state index contributed by atoms with van der Waals surface area (Å²) in [4.78, 5) is 35.2. The molecule has 0 saturated carbocycles. The number of phosphoric acid groups is 1. The lowest BCUT2D eigenvalue weighted by Gasteiger charge is -2.26. The molecule has 1 unspecified atom stereocenters. The first-order chi connectivity index (χ1) is 26.5. The monoisotopic (exact) mass is 809 g/mol. The van der Waals surface area contributed by atoms with Gasteiger partial charge in [-0.3, -0.25) is 18.6 Å². The maximum Gasteiger partial charge on any atom is 0.472 e. The summed E-state index contributed by atoms with van der Waals surface area (Å²) in [5.74, 6) is -1.11. The van der Waals surface area contributed by atoms with Crippen LogP contribution in [0.2, 0.25) is 0 Å². The molecule has 55 heavy (non-hydrogen) atoms. The van der Waals surface area contributed by atoms with Crippen LogP contribution in [-0.2, 0) is 32.7 Å². The highest BCUT2D eigenvalue weighted by Gasteiger charge is 2.33. The van der Waals surface area contributed by atoms with Crippen LogP contribution in [0.1, 0.15) is 168 Å². The maximum atomic E-state index is 12.6. The van der Waals surface area contributed by atoms with Gasteiger partial charge in [0.25, 0.3) is 0 Å². The lowest BCUT2D eigenvalue weighted by molar-refractivity contribution is -0.161. The van der Waals surface area contributed by atoms with Crippen molar-refractivity contribution in [3.63, 3.8) is 0 Å². The molecule has 0 spiro atoms. The van der Waals surface area contributed by atoms with Crippen LogP contribution in [0.3, 0.4) is 0 Å². The quantitative estimate of drug-likeness (QED) is 0.0154. The van der Waals surface area contributed by atoms with Crippen molar-refractivity contribution in [2.45, 2.75) is 198 Å². The normalized spacial score (nSPS) is 15.9. The van der Waals surface area contributed by atoms with Crippen LogP contribution in [-0.4, -0.2) is 99.3 Å². The molecule has 0 aromatic carbocycles. The van der Waals surface area contributed by atoms with Gasteiger partial charge in [-0.05, 0) is 64.2 Å². The minimum Gasteiger partial charge on any atom is -0.462 e. The summed E-state index contributed by atoms with van der Waals surface area (Å²) in [6.07, 6.45) is 24.2. The molecule has 0 aromatic rings. The summed E-state index contributed by atoms with van der Waals surface area (Å²) in [6, 6.07) is 0. The van der Waals surface area contributed by atoms with Crippen LogP contribution in [0.15, 0.2) is 24.3 Å². The van der Waals surface area contributed by atoms with Gasteiger partial charge in [-0.15, -0.1) is 0 Å². The average molecular weight is 809 g/mol. The van der Waals surface area contributed by atoms with Crippen molar-refractivity contribution >= 4 is 19.8 Å². The Balaban J connectivity index is 4.75. The minimum absolute atomic E-state index is 0.0852. The highest BCUT2D eigenvalue weighted by Crippen LogP contribution is 2.43. The number of carbonyl (C=O) groups is 2. The van der Waals surface area contributed by atoms with Crippen LogP contribution in [0, 0.1) is 0 Å². The number of phosphoric ester groups is 1. The van der Waals surface area contributed by atoms with Crippen molar-refractivity contribution in [2.24, 2.45) is 0 Å². The summed E-state index contributed by atoms with van der Waals surface area (Å²) in [7, 11) is -4.90. The molecule has 0 aliphatic heterocycles. The van der Waals surface area contributed by atoms with Gasteiger partial charge in [0, 0.05) is 12.8 Å². The van der Waals surface area contributed by atoms with Gasteiger partial charge in [0.1, 0.15) is 31.0 Å². The van der Waals surface area contributed by atoms with Gasteiger partial charge in [-0.1, -0.05) is 115 Å². The third kappa shape index (κ3) is 33.1. The Hall–Kier alpha value is -1.67.